The summed E-state index contributed by atoms with van der Waals surface area (Å²) in [5.74, 6) is 0.158. The third-order valence-corrected chi connectivity index (χ3v) is 5.57. The minimum absolute atomic E-state index is 0.158. The summed E-state index contributed by atoms with van der Waals surface area (Å²) in [5, 5.41) is 6.18. The molecule has 0 bridgehead atoms. The van der Waals surface area contributed by atoms with E-state index in [0.29, 0.717) is 5.25 Å². The molecule has 1 amide bonds. The third-order valence-electron chi connectivity index (χ3n) is 4.42. The van der Waals surface area contributed by atoms with Crippen molar-refractivity contribution in [1.82, 2.24) is 19.6 Å². The number of carbonyl (C=O) groups is 1. The lowest BCUT2D eigenvalue weighted by molar-refractivity contribution is -0.135. The summed E-state index contributed by atoms with van der Waals surface area (Å²) in [5.41, 5.74) is 1.99. The first-order valence-electron chi connectivity index (χ1n) is 8.23. The highest BCUT2D eigenvalue weighted by molar-refractivity contribution is 8.14. The van der Waals surface area contributed by atoms with Gasteiger partial charge in [-0.2, -0.15) is 5.10 Å². The van der Waals surface area contributed by atoms with Crippen LogP contribution in [0, 0.1) is 13.8 Å². The molecule has 0 radical (unpaired) electrons. The summed E-state index contributed by atoms with van der Waals surface area (Å²) < 4.78 is 1.84. The van der Waals surface area contributed by atoms with E-state index in [2.05, 4.69) is 21.9 Å². The zero-order valence-electron chi connectivity index (χ0n) is 14.3. The van der Waals surface area contributed by atoms with Gasteiger partial charge < -0.3 is 9.80 Å². The number of hydrogen-bond acceptors (Lipinski definition) is 5. The number of hydrogen-bond donors (Lipinski definition) is 0. The number of carbonyl (C=O) groups excluding carboxylic acids is 1. The fourth-order valence-corrected chi connectivity index (χ4v) is 4.15. The van der Waals surface area contributed by atoms with E-state index in [1.807, 2.05) is 48.2 Å². The molecular weight excluding hydrogens is 310 g/mol. The minimum atomic E-state index is -0.242. The highest BCUT2D eigenvalue weighted by Gasteiger charge is 2.29. The quantitative estimate of drug-likeness (QED) is 0.825. The Morgan fingerprint density at radius 2 is 2.00 bits per heavy atom. The van der Waals surface area contributed by atoms with Gasteiger partial charge in [0.1, 0.15) is 6.04 Å². The Kier molecular flexibility index (Phi) is 4.66. The highest BCUT2D eigenvalue weighted by Crippen LogP contribution is 2.24. The molecule has 0 N–H and O–H groups in total. The predicted octanol–water partition coefficient (Wildman–Crippen LogP) is 1.70. The fourth-order valence-electron chi connectivity index (χ4n) is 3.16. The summed E-state index contributed by atoms with van der Waals surface area (Å²) in [4.78, 5) is 21.6. The molecule has 3 rings (SSSR count). The van der Waals surface area contributed by atoms with Crippen molar-refractivity contribution in [3.8, 4) is 0 Å². The Hall–Kier alpha value is -1.50. The van der Waals surface area contributed by atoms with Crippen LogP contribution in [0.25, 0.3) is 0 Å². The van der Waals surface area contributed by atoms with Crippen molar-refractivity contribution in [3.63, 3.8) is 0 Å². The number of aromatic nitrogens is 2. The summed E-state index contributed by atoms with van der Waals surface area (Å²) in [6.45, 7) is 12.3. The molecule has 0 aromatic carbocycles. The molecule has 1 aromatic rings. The highest BCUT2D eigenvalue weighted by atomic mass is 32.2. The van der Waals surface area contributed by atoms with Gasteiger partial charge in [-0.15, -0.1) is 0 Å². The van der Waals surface area contributed by atoms with Crippen LogP contribution in [0.15, 0.2) is 11.1 Å². The fraction of sp³-hybridized carbons (Fsp3) is 0.688. The molecule has 0 aliphatic carbocycles. The van der Waals surface area contributed by atoms with Crippen molar-refractivity contribution in [2.45, 2.75) is 39.0 Å². The van der Waals surface area contributed by atoms with Crippen LogP contribution in [0.3, 0.4) is 0 Å². The van der Waals surface area contributed by atoms with Crippen molar-refractivity contribution in [1.29, 1.82) is 0 Å². The van der Waals surface area contributed by atoms with Crippen molar-refractivity contribution >= 4 is 22.8 Å². The molecule has 6 nitrogen and oxygen atoms in total. The van der Waals surface area contributed by atoms with Crippen LogP contribution in [0.5, 0.6) is 0 Å². The van der Waals surface area contributed by atoms with E-state index < -0.39 is 0 Å². The third kappa shape index (κ3) is 3.39. The Balaban J connectivity index is 1.59. The lowest BCUT2D eigenvalue weighted by Gasteiger charge is -2.36. The van der Waals surface area contributed by atoms with Gasteiger partial charge in [0.15, 0.2) is 5.17 Å². The number of amidine groups is 1. The smallest absolute Gasteiger partial charge is 0.247 e. The van der Waals surface area contributed by atoms with Crippen LogP contribution in [0.4, 0.5) is 0 Å². The lowest BCUT2D eigenvalue weighted by Crippen LogP contribution is -2.51. The molecule has 2 aliphatic rings. The Morgan fingerprint density at radius 3 is 2.52 bits per heavy atom. The number of nitrogens with zero attached hydrogens (tertiary/aromatic N) is 5. The Labute approximate surface area is 141 Å². The maximum atomic E-state index is 12.8. The first kappa shape index (κ1) is 16.4. The maximum absolute atomic E-state index is 12.8. The van der Waals surface area contributed by atoms with E-state index in [9.17, 15) is 4.79 Å². The van der Waals surface area contributed by atoms with Crippen LogP contribution in [-0.2, 0) is 4.79 Å². The summed E-state index contributed by atoms with van der Waals surface area (Å²) in [6, 6.07) is 1.77. The van der Waals surface area contributed by atoms with Crippen molar-refractivity contribution in [2.24, 2.45) is 4.99 Å². The zero-order valence-corrected chi connectivity index (χ0v) is 15.1. The molecule has 2 atom stereocenters. The standard InChI is InChI=1S/C16H25N5OS/c1-11-9-12(2)21(18-11)14(4)15(22)19-5-7-20(8-6-19)16-17-10-13(3)23-16/h9,13-14H,5-8,10H2,1-4H3/t13-,14-/m1/s1. The van der Waals surface area contributed by atoms with E-state index in [1.165, 1.54) is 0 Å². The van der Waals surface area contributed by atoms with Gasteiger partial charge in [-0.3, -0.25) is 14.5 Å². The largest absolute Gasteiger partial charge is 0.348 e. The van der Waals surface area contributed by atoms with Crippen LogP contribution in [0.2, 0.25) is 0 Å². The second-order valence-electron chi connectivity index (χ2n) is 6.41. The summed E-state index contributed by atoms with van der Waals surface area (Å²) in [6.07, 6.45) is 0. The first-order valence-corrected chi connectivity index (χ1v) is 9.11. The Morgan fingerprint density at radius 1 is 1.30 bits per heavy atom. The predicted molar refractivity (Wildman–Crippen MR) is 93.9 cm³/mol. The average Bonchev–Trinajstić information content (AvgIpc) is 3.11. The van der Waals surface area contributed by atoms with E-state index in [0.717, 1.165) is 49.3 Å². The van der Waals surface area contributed by atoms with Crippen molar-refractivity contribution < 1.29 is 4.79 Å². The monoisotopic (exact) mass is 335 g/mol. The maximum Gasteiger partial charge on any atom is 0.247 e. The SMILES string of the molecule is Cc1cc(C)n([C@H](C)C(=O)N2CCN(C3=NC[C@@H](C)S3)CC2)n1. The van der Waals surface area contributed by atoms with Crippen molar-refractivity contribution in [2.75, 3.05) is 32.7 Å². The van der Waals surface area contributed by atoms with Gasteiger partial charge in [0.25, 0.3) is 0 Å². The van der Waals surface area contributed by atoms with Crippen LogP contribution in [-0.4, -0.2) is 68.6 Å². The van der Waals surface area contributed by atoms with E-state index in [-0.39, 0.29) is 11.9 Å². The molecule has 1 aromatic heterocycles. The van der Waals surface area contributed by atoms with Gasteiger partial charge in [-0.25, -0.2) is 0 Å². The first-order chi connectivity index (χ1) is 11.0. The molecule has 23 heavy (non-hydrogen) atoms. The molecule has 2 aliphatic heterocycles. The van der Waals surface area contributed by atoms with Crippen LogP contribution in [0.1, 0.15) is 31.3 Å². The number of amides is 1. The minimum Gasteiger partial charge on any atom is -0.348 e. The molecule has 1 fully saturated rings. The van der Waals surface area contributed by atoms with Gasteiger partial charge in [-0.1, -0.05) is 18.7 Å². The topological polar surface area (TPSA) is 53.7 Å². The number of piperazine rings is 1. The molecule has 3 heterocycles. The summed E-state index contributed by atoms with van der Waals surface area (Å²) in [7, 11) is 0. The van der Waals surface area contributed by atoms with Gasteiger partial charge in [0.2, 0.25) is 5.91 Å². The number of aliphatic imine (C=N–C) groups is 1. The second-order valence-corrected chi connectivity index (χ2v) is 7.82. The molecule has 0 saturated carbocycles. The summed E-state index contributed by atoms with van der Waals surface area (Å²) >= 11 is 1.85. The normalized spacial score (nSPS) is 23.1. The van der Waals surface area contributed by atoms with Crippen LogP contribution >= 0.6 is 11.8 Å². The van der Waals surface area contributed by atoms with Gasteiger partial charge in [0.05, 0.1) is 12.2 Å². The van der Waals surface area contributed by atoms with E-state index in [1.54, 1.807) is 0 Å². The van der Waals surface area contributed by atoms with Gasteiger partial charge in [0, 0.05) is 37.1 Å². The Bertz CT molecular complexity index is 618. The number of thioether (sulfide) groups is 1. The van der Waals surface area contributed by atoms with Crippen LogP contribution < -0.4 is 0 Å². The molecule has 1 saturated heterocycles. The molecule has 0 unspecified atom stereocenters. The van der Waals surface area contributed by atoms with Gasteiger partial charge in [-0.05, 0) is 26.8 Å². The zero-order chi connectivity index (χ0) is 16.6. The molecule has 7 heteroatoms. The van der Waals surface area contributed by atoms with E-state index >= 15 is 0 Å². The average molecular weight is 335 g/mol. The van der Waals surface area contributed by atoms with Crippen molar-refractivity contribution in [3.05, 3.63) is 17.5 Å². The molecule has 0 spiro atoms. The molecule has 126 valence electrons. The lowest BCUT2D eigenvalue weighted by atomic mass is 10.2. The van der Waals surface area contributed by atoms with Gasteiger partial charge >= 0.3 is 0 Å². The second kappa shape index (κ2) is 6.55. The number of aryl methyl sites for hydroxylation is 2. The van der Waals surface area contributed by atoms with E-state index in [4.69, 9.17) is 0 Å². The molecular formula is C16H25N5OS. The number of rotatable bonds is 2.